The fourth-order valence-electron chi connectivity index (χ4n) is 3.86. The average Bonchev–Trinajstić information content (AvgIpc) is 2.48. The van der Waals surface area contributed by atoms with Gasteiger partial charge in [0.2, 0.25) is 5.91 Å². The monoisotopic (exact) mass is 349 g/mol. The Morgan fingerprint density at radius 2 is 1.54 bits per heavy atom. The van der Waals surface area contributed by atoms with E-state index in [0.29, 0.717) is 18.8 Å². The molecular weight excluding hydrogens is 323 g/mol. The van der Waals surface area contributed by atoms with E-state index >= 15 is 0 Å². The molecule has 0 aromatic rings. The number of carbonyl (C=O) groups is 2. The number of amides is 3. The molecule has 2 rings (SSSR count). The molecule has 0 atom stereocenters. The summed E-state index contributed by atoms with van der Waals surface area (Å²) < 4.78 is 37.0. The Bertz CT molecular complexity index is 454. The summed E-state index contributed by atoms with van der Waals surface area (Å²) in [5.41, 5.74) is 5.57. The van der Waals surface area contributed by atoms with E-state index in [-0.39, 0.29) is 25.2 Å². The van der Waals surface area contributed by atoms with E-state index in [0.717, 1.165) is 25.7 Å². The molecule has 2 fully saturated rings. The minimum atomic E-state index is -4.48. The van der Waals surface area contributed by atoms with Crippen LogP contribution in [0.3, 0.4) is 0 Å². The maximum atomic E-state index is 12.3. The van der Waals surface area contributed by atoms with Crippen molar-refractivity contribution >= 4 is 11.9 Å². The molecule has 0 bridgehead atoms. The van der Waals surface area contributed by atoms with E-state index < -0.39 is 24.5 Å². The third-order valence-electron chi connectivity index (χ3n) is 5.20. The minimum absolute atomic E-state index is 0.0872. The molecule has 1 saturated carbocycles. The van der Waals surface area contributed by atoms with Gasteiger partial charge in [-0.05, 0) is 44.4 Å². The largest absolute Gasteiger partial charge is 0.397 e. The van der Waals surface area contributed by atoms with Crippen LogP contribution in [0.15, 0.2) is 0 Å². The molecule has 0 aromatic carbocycles. The van der Waals surface area contributed by atoms with E-state index in [1.165, 1.54) is 4.90 Å². The SMILES string of the molecule is CC1CCC(N(C(N)=O)C2CCN(C(=O)CC(F)(F)F)CC2)CC1. The number of primary amides is 1. The Morgan fingerprint density at radius 3 is 2.00 bits per heavy atom. The fourth-order valence-corrected chi connectivity index (χ4v) is 3.86. The smallest absolute Gasteiger partial charge is 0.351 e. The molecule has 138 valence electrons. The predicted molar refractivity (Wildman–Crippen MR) is 83.1 cm³/mol. The molecule has 0 aromatic heterocycles. The van der Waals surface area contributed by atoms with Crippen LogP contribution in [0.5, 0.6) is 0 Å². The highest BCUT2D eigenvalue weighted by Crippen LogP contribution is 2.31. The van der Waals surface area contributed by atoms with E-state index in [2.05, 4.69) is 6.92 Å². The molecule has 5 nitrogen and oxygen atoms in total. The molecule has 1 saturated heterocycles. The van der Waals surface area contributed by atoms with Gasteiger partial charge in [-0.15, -0.1) is 0 Å². The molecule has 0 spiro atoms. The van der Waals surface area contributed by atoms with E-state index in [4.69, 9.17) is 5.73 Å². The van der Waals surface area contributed by atoms with Crippen molar-refractivity contribution in [3.05, 3.63) is 0 Å². The Morgan fingerprint density at radius 1 is 1.04 bits per heavy atom. The van der Waals surface area contributed by atoms with Crippen molar-refractivity contribution in [3.8, 4) is 0 Å². The van der Waals surface area contributed by atoms with Gasteiger partial charge in [0.15, 0.2) is 0 Å². The lowest BCUT2D eigenvalue weighted by Gasteiger charge is -2.43. The van der Waals surface area contributed by atoms with Crippen molar-refractivity contribution in [2.45, 2.75) is 70.1 Å². The number of piperidine rings is 1. The van der Waals surface area contributed by atoms with E-state index in [9.17, 15) is 22.8 Å². The summed E-state index contributed by atoms with van der Waals surface area (Å²) in [7, 11) is 0. The van der Waals surface area contributed by atoms with Gasteiger partial charge in [-0.25, -0.2) is 4.79 Å². The first-order valence-electron chi connectivity index (χ1n) is 8.59. The van der Waals surface area contributed by atoms with Gasteiger partial charge < -0.3 is 15.5 Å². The lowest BCUT2D eigenvalue weighted by molar-refractivity contribution is -0.162. The first kappa shape index (κ1) is 18.9. The van der Waals surface area contributed by atoms with Gasteiger partial charge in [-0.3, -0.25) is 4.79 Å². The van der Waals surface area contributed by atoms with Crippen LogP contribution in [-0.4, -0.2) is 53.1 Å². The maximum Gasteiger partial charge on any atom is 0.397 e. The van der Waals surface area contributed by atoms with Gasteiger partial charge in [0, 0.05) is 25.2 Å². The van der Waals surface area contributed by atoms with Gasteiger partial charge in [0.1, 0.15) is 6.42 Å². The molecule has 3 amide bonds. The third-order valence-corrected chi connectivity index (χ3v) is 5.20. The number of nitrogens with zero attached hydrogens (tertiary/aromatic N) is 2. The number of rotatable bonds is 3. The summed E-state index contributed by atoms with van der Waals surface area (Å²) in [6.07, 6.45) is -0.996. The number of hydrogen-bond acceptors (Lipinski definition) is 2. The summed E-state index contributed by atoms with van der Waals surface area (Å²) in [6, 6.07) is -0.438. The van der Waals surface area contributed by atoms with Crippen LogP contribution in [0.25, 0.3) is 0 Å². The number of nitrogens with two attached hydrogens (primary N) is 1. The summed E-state index contributed by atoms with van der Waals surface area (Å²) in [5, 5.41) is 0. The topological polar surface area (TPSA) is 66.6 Å². The zero-order valence-electron chi connectivity index (χ0n) is 14.0. The normalized spacial score (nSPS) is 26.2. The first-order valence-corrected chi connectivity index (χ1v) is 8.59. The van der Waals surface area contributed by atoms with Gasteiger partial charge >= 0.3 is 12.2 Å². The molecule has 1 aliphatic carbocycles. The highest BCUT2D eigenvalue weighted by atomic mass is 19.4. The molecule has 2 aliphatic rings. The number of likely N-dealkylation sites (tertiary alicyclic amines) is 1. The van der Waals surface area contributed by atoms with Crippen LogP contribution < -0.4 is 5.73 Å². The van der Waals surface area contributed by atoms with Crippen molar-refractivity contribution in [2.75, 3.05) is 13.1 Å². The summed E-state index contributed by atoms with van der Waals surface area (Å²) in [6.45, 7) is 2.68. The van der Waals surface area contributed by atoms with Gasteiger partial charge in [-0.1, -0.05) is 6.92 Å². The van der Waals surface area contributed by atoms with Gasteiger partial charge in [0.25, 0.3) is 0 Å². The second-order valence-corrected chi connectivity index (χ2v) is 7.06. The van der Waals surface area contributed by atoms with Crippen molar-refractivity contribution < 1.29 is 22.8 Å². The molecule has 24 heavy (non-hydrogen) atoms. The Labute approximate surface area is 140 Å². The Kier molecular flexibility index (Phi) is 5.98. The van der Waals surface area contributed by atoms with Crippen LogP contribution in [0.1, 0.15) is 51.9 Å². The van der Waals surface area contributed by atoms with Gasteiger partial charge in [-0.2, -0.15) is 13.2 Å². The van der Waals surface area contributed by atoms with Crippen LogP contribution >= 0.6 is 0 Å². The maximum absolute atomic E-state index is 12.3. The molecule has 8 heteroatoms. The van der Waals surface area contributed by atoms with Crippen molar-refractivity contribution in [2.24, 2.45) is 11.7 Å². The number of hydrogen-bond donors (Lipinski definition) is 1. The molecule has 0 radical (unpaired) electrons. The Balaban J connectivity index is 1.91. The van der Waals surface area contributed by atoms with Gasteiger partial charge in [0.05, 0.1) is 0 Å². The lowest BCUT2D eigenvalue weighted by atomic mass is 9.85. The third kappa shape index (κ3) is 5.01. The second-order valence-electron chi connectivity index (χ2n) is 7.06. The molecule has 2 N–H and O–H groups in total. The molecule has 1 aliphatic heterocycles. The lowest BCUT2D eigenvalue weighted by Crippen LogP contribution is -2.55. The van der Waals surface area contributed by atoms with Crippen molar-refractivity contribution in [1.82, 2.24) is 9.80 Å². The average molecular weight is 349 g/mol. The molecule has 0 unspecified atom stereocenters. The Hall–Kier alpha value is -1.47. The molecule has 1 heterocycles. The molecular formula is C16H26F3N3O2. The standard InChI is InChI=1S/C16H26F3N3O2/c1-11-2-4-12(5-3-11)22(15(20)24)13-6-8-21(9-7-13)14(23)10-16(17,18)19/h11-13H,2-10H2,1H3,(H2,20,24). The quantitative estimate of drug-likeness (QED) is 0.851. The number of urea groups is 1. The predicted octanol–water partition coefficient (Wildman–Crippen LogP) is 2.89. The number of alkyl halides is 3. The zero-order valence-corrected chi connectivity index (χ0v) is 14.0. The highest BCUT2D eigenvalue weighted by molar-refractivity contribution is 5.77. The first-order chi connectivity index (χ1) is 11.2. The zero-order chi connectivity index (χ0) is 17.9. The van der Waals surface area contributed by atoms with Crippen LogP contribution in [0.4, 0.5) is 18.0 Å². The number of carbonyl (C=O) groups excluding carboxylic acids is 2. The summed E-state index contributed by atoms with van der Waals surface area (Å²) in [4.78, 5) is 26.5. The summed E-state index contributed by atoms with van der Waals surface area (Å²) in [5.74, 6) is -0.240. The van der Waals surface area contributed by atoms with Crippen LogP contribution in [0.2, 0.25) is 0 Å². The van der Waals surface area contributed by atoms with Crippen LogP contribution in [0, 0.1) is 5.92 Å². The fraction of sp³-hybridized carbons (Fsp3) is 0.875. The second kappa shape index (κ2) is 7.61. The highest BCUT2D eigenvalue weighted by Gasteiger charge is 2.37. The number of halogens is 3. The summed E-state index contributed by atoms with van der Waals surface area (Å²) >= 11 is 0. The minimum Gasteiger partial charge on any atom is -0.351 e. The van der Waals surface area contributed by atoms with E-state index in [1.54, 1.807) is 4.90 Å². The van der Waals surface area contributed by atoms with E-state index in [1.807, 2.05) is 0 Å². The van der Waals surface area contributed by atoms with Crippen LogP contribution in [-0.2, 0) is 4.79 Å². The van der Waals surface area contributed by atoms with Crippen molar-refractivity contribution in [3.63, 3.8) is 0 Å². The van der Waals surface area contributed by atoms with Crippen molar-refractivity contribution in [1.29, 1.82) is 0 Å².